The van der Waals surface area contributed by atoms with Gasteiger partial charge in [0.2, 0.25) is 5.91 Å². The molecule has 1 aromatic heterocycles. The molecule has 6 heteroatoms. The van der Waals surface area contributed by atoms with E-state index in [4.69, 9.17) is 4.74 Å². The largest absolute Gasteiger partial charge is 0.497 e. The Bertz CT molecular complexity index is 1100. The fraction of sp³-hybridized carbons (Fsp3) is 0.261. The topological polar surface area (TPSA) is 73.2 Å². The smallest absolute Gasteiger partial charge is 0.254 e. The highest BCUT2D eigenvalue weighted by Crippen LogP contribution is 2.30. The predicted octanol–water partition coefficient (Wildman–Crippen LogP) is 3.03. The van der Waals surface area contributed by atoms with Crippen LogP contribution in [0.4, 0.5) is 0 Å². The average molecular weight is 389 g/mol. The van der Waals surface area contributed by atoms with Crippen molar-refractivity contribution in [3.8, 4) is 17.1 Å². The van der Waals surface area contributed by atoms with Crippen molar-refractivity contribution in [3.05, 3.63) is 81.8 Å². The van der Waals surface area contributed by atoms with Gasteiger partial charge in [-0.2, -0.15) is 0 Å². The maximum absolute atomic E-state index is 12.8. The number of carbonyl (C=O) groups is 1. The molecule has 148 valence electrons. The second-order valence-electron chi connectivity index (χ2n) is 7.23. The van der Waals surface area contributed by atoms with E-state index in [-0.39, 0.29) is 24.1 Å². The lowest BCUT2D eigenvalue weighted by molar-refractivity contribution is -0.122. The second kappa shape index (κ2) is 7.91. The quantitative estimate of drug-likeness (QED) is 0.728. The molecule has 0 saturated heterocycles. The molecule has 0 fully saturated rings. The zero-order valence-electron chi connectivity index (χ0n) is 16.5. The molecule has 0 spiro atoms. The minimum atomic E-state index is -0.245. The Kier molecular flexibility index (Phi) is 5.16. The number of hydrogen-bond donors (Lipinski definition) is 1. The van der Waals surface area contributed by atoms with Gasteiger partial charge in [0, 0.05) is 17.3 Å². The van der Waals surface area contributed by atoms with Crippen LogP contribution in [-0.2, 0) is 17.8 Å². The van der Waals surface area contributed by atoms with Crippen LogP contribution < -0.4 is 15.6 Å². The number of carbonyl (C=O) groups excluding carboxylic acids is 1. The van der Waals surface area contributed by atoms with E-state index in [0.29, 0.717) is 17.3 Å². The van der Waals surface area contributed by atoms with Gasteiger partial charge < -0.3 is 10.1 Å². The van der Waals surface area contributed by atoms with Crippen molar-refractivity contribution in [3.63, 3.8) is 0 Å². The van der Waals surface area contributed by atoms with Crippen LogP contribution in [0.5, 0.6) is 5.75 Å². The van der Waals surface area contributed by atoms with Crippen LogP contribution in [0.25, 0.3) is 11.4 Å². The highest BCUT2D eigenvalue weighted by Gasteiger charge is 2.24. The number of rotatable bonds is 5. The summed E-state index contributed by atoms with van der Waals surface area (Å²) in [5.41, 5.74) is 3.55. The number of aryl methyl sites for hydroxylation is 2. The van der Waals surface area contributed by atoms with E-state index in [2.05, 4.69) is 22.4 Å². The Labute approximate surface area is 169 Å². The van der Waals surface area contributed by atoms with Gasteiger partial charge in [0.25, 0.3) is 5.56 Å². The number of methoxy groups -OCH3 is 1. The Morgan fingerprint density at radius 3 is 2.72 bits per heavy atom. The summed E-state index contributed by atoms with van der Waals surface area (Å²) in [6, 6.07) is 16.9. The first-order chi connectivity index (χ1) is 14.0. The molecule has 1 N–H and O–H groups in total. The average Bonchev–Trinajstić information content (AvgIpc) is 3.13. The first kappa shape index (κ1) is 18.9. The molecular weight excluding hydrogens is 366 g/mol. The van der Waals surface area contributed by atoms with E-state index >= 15 is 0 Å². The normalized spacial score (nSPS) is 15.0. The molecule has 2 aromatic carbocycles. The standard InChI is InChI=1S/C23H23N3O3/c1-15-13-22(28)26(23(24-15)17-7-10-18(29-2)11-8-17)14-21(27)25-20-12-9-16-5-3-4-6-19(16)20/h3-8,10-11,13,20H,9,12,14H2,1-2H3,(H,25,27)/t20-/m0/s1. The summed E-state index contributed by atoms with van der Waals surface area (Å²) in [5.74, 6) is 0.988. The zero-order chi connectivity index (χ0) is 20.4. The molecule has 0 bridgehead atoms. The fourth-order valence-electron chi connectivity index (χ4n) is 3.82. The summed E-state index contributed by atoms with van der Waals surface area (Å²) >= 11 is 0. The zero-order valence-corrected chi connectivity index (χ0v) is 16.5. The summed E-state index contributed by atoms with van der Waals surface area (Å²) in [7, 11) is 1.60. The number of nitrogens with one attached hydrogen (secondary N) is 1. The summed E-state index contributed by atoms with van der Waals surface area (Å²) < 4.78 is 6.62. The molecule has 3 aromatic rings. The van der Waals surface area contributed by atoms with Crippen LogP contribution in [0.3, 0.4) is 0 Å². The molecule has 0 unspecified atom stereocenters. The van der Waals surface area contributed by atoms with Crippen LogP contribution in [0.1, 0.15) is 29.3 Å². The van der Waals surface area contributed by atoms with Crippen molar-refractivity contribution in [2.24, 2.45) is 0 Å². The maximum Gasteiger partial charge on any atom is 0.254 e. The predicted molar refractivity (Wildman–Crippen MR) is 111 cm³/mol. The third-order valence-corrected chi connectivity index (χ3v) is 5.25. The minimum absolute atomic E-state index is 0.0164. The highest BCUT2D eigenvalue weighted by atomic mass is 16.5. The van der Waals surface area contributed by atoms with Crippen molar-refractivity contribution in [1.29, 1.82) is 0 Å². The molecule has 0 saturated carbocycles. The Hall–Kier alpha value is -3.41. The highest BCUT2D eigenvalue weighted by molar-refractivity contribution is 5.77. The van der Waals surface area contributed by atoms with E-state index in [1.807, 2.05) is 36.4 Å². The first-order valence-corrected chi connectivity index (χ1v) is 9.65. The molecule has 29 heavy (non-hydrogen) atoms. The summed E-state index contributed by atoms with van der Waals surface area (Å²) in [6.07, 6.45) is 1.82. The molecule has 1 aliphatic rings. The van der Waals surface area contributed by atoms with Gasteiger partial charge in [-0.15, -0.1) is 0 Å². The van der Waals surface area contributed by atoms with Gasteiger partial charge in [-0.25, -0.2) is 4.98 Å². The first-order valence-electron chi connectivity index (χ1n) is 9.65. The van der Waals surface area contributed by atoms with Crippen molar-refractivity contribution in [1.82, 2.24) is 14.9 Å². The molecule has 6 nitrogen and oxygen atoms in total. The number of fused-ring (bicyclic) bond motifs is 1. The van der Waals surface area contributed by atoms with Crippen LogP contribution in [0, 0.1) is 6.92 Å². The molecule has 1 atom stereocenters. The summed E-state index contributed by atoms with van der Waals surface area (Å²) in [6.45, 7) is 1.69. The van der Waals surface area contributed by atoms with Crippen LogP contribution in [-0.4, -0.2) is 22.6 Å². The number of amides is 1. The van der Waals surface area contributed by atoms with E-state index in [1.165, 1.54) is 16.2 Å². The molecule has 1 heterocycles. The van der Waals surface area contributed by atoms with Gasteiger partial charge in [-0.05, 0) is 55.2 Å². The van der Waals surface area contributed by atoms with Crippen molar-refractivity contribution in [2.45, 2.75) is 32.4 Å². The third-order valence-electron chi connectivity index (χ3n) is 5.25. The van der Waals surface area contributed by atoms with Crippen molar-refractivity contribution < 1.29 is 9.53 Å². The van der Waals surface area contributed by atoms with Gasteiger partial charge in [0.15, 0.2) is 0 Å². The SMILES string of the molecule is COc1ccc(-c2nc(C)cc(=O)n2CC(=O)N[C@H]2CCc3ccccc32)cc1. The maximum atomic E-state index is 12.8. The monoisotopic (exact) mass is 389 g/mol. The Morgan fingerprint density at radius 2 is 1.97 bits per heavy atom. The Morgan fingerprint density at radius 1 is 1.21 bits per heavy atom. The second-order valence-corrected chi connectivity index (χ2v) is 7.23. The van der Waals surface area contributed by atoms with Gasteiger partial charge >= 0.3 is 0 Å². The van der Waals surface area contributed by atoms with Gasteiger partial charge in [-0.3, -0.25) is 14.2 Å². The van der Waals surface area contributed by atoms with Gasteiger partial charge in [0.05, 0.1) is 13.2 Å². The molecule has 1 aliphatic carbocycles. The molecule has 4 rings (SSSR count). The lowest BCUT2D eigenvalue weighted by Crippen LogP contribution is -2.35. The molecule has 0 radical (unpaired) electrons. The van der Waals surface area contributed by atoms with Gasteiger partial charge in [-0.1, -0.05) is 24.3 Å². The van der Waals surface area contributed by atoms with E-state index in [0.717, 1.165) is 24.0 Å². The van der Waals surface area contributed by atoms with Crippen LogP contribution in [0.15, 0.2) is 59.4 Å². The van der Waals surface area contributed by atoms with E-state index < -0.39 is 0 Å². The number of hydrogen-bond acceptors (Lipinski definition) is 4. The third kappa shape index (κ3) is 3.92. The van der Waals surface area contributed by atoms with E-state index in [9.17, 15) is 9.59 Å². The number of benzene rings is 2. The number of aromatic nitrogens is 2. The molecule has 0 aliphatic heterocycles. The van der Waals surface area contributed by atoms with Crippen LogP contribution in [0.2, 0.25) is 0 Å². The number of nitrogens with zero attached hydrogens (tertiary/aromatic N) is 2. The summed E-state index contributed by atoms with van der Waals surface area (Å²) in [4.78, 5) is 30.0. The van der Waals surface area contributed by atoms with E-state index in [1.54, 1.807) is 14.0 Å². The fourth-order valence-corrected chi connectivity index (χ4v) is 3.82. The van der Waals surface area contributed by atoms with Crippen molar-refractivity contribution >= 4 is 5.91 Å². The number of ether oxygens (including phenoxy) is 1. The van der Waals surface area contributed by atoms with Crippen molar-refractivity contribution in [2.75, 3.05) is 7.11 Å². The minimum Gasteiger partial charge on any atom is -0.497 e. The summed E-state index contributed by atoms with van der Waals surface area (Å²) in [5, 5.41) is 3.08. The van der Waals surface area contributed by atoms with Gasteiger partial charge in [0.1, 0.15) is 18.1 Å². The lowest BCUT2D eigenvalue weighted by Gasteiger charge is -2.17. The Balaban J connectivity index is 1.60. The molecular formula is C23H23N3O3. The lowest BCUT2D eigenvalue weighted by atomic mass is 10.1. The molecule has 1 amide bonds. The van der Waals surface area contributed by atoms with Crippen LogP contribution >= 0.6 is 0 Å².